The molecule has 120 valence electrons. The first kappa shape index (κ1) is 15.9. The fraction of sp³-hybridized carbons (Fsp3) is 0.333. The van der Waals surface area contributed by atoms with Crippen LogP contribution >= 0.6 is 12.2 Å². The molecule has 2 N–H and O–H groups in total. The summed E-state index contributed by atoms with van der Waals surface area (Å²) in [6.07, 6.45) is 2.49. The van der Waals surface area contributed by atoms with Crippen LogP contribution in [-0.2, 0) is 4.74 Å². The summed E-state index contributed by atoms with van der Waals surface area (Å²) >= 11 is 5.25. The maximum Gasteiger partial charge on any atom is 0.187 e. The van der Waals surface area contributed by atoms with Gasteiger partial charge in [0.1, 0.15) is 0 Å². The van der Waals surface area contributed by atoms with Crippen molar-refractivity contribution in [3.05, 3.63) is 48.0 Å². The van der Waals surface area contributed by atoms with Crippen LogP contribution in [0.2, 0.25) is 0 Å². The van der Waals surface area contributed by atoms with E-state index < -0.39 is 0 Å². The second kappa shape index (κ2) is 7.53. The lowest BCUT2D eigenvalue weighted by atomic mass is 10.0. The van der Waals surface area contributed by atoms with E-state index in [9.17, 15) is 0 Å². The van der Waals surface area contributed by atoms with E-state index in [2.05, 4.69) is 46.2 Å². The molecule has 5 heteroatoms. The largest absolute Gasteiger partial charge is 0.376 e. The summed E-state index contributed by atoms with van der Waals surface area (Å²) in [5.74, 6) is 0. The molecule has 1 aliphatic heterocycles. The van der Waals surface area contributed by atoms with Gasteiger partial charge in [-0.2, -0.15) is 5.10 Å². The SMILES string of the molecule is C/C(=N/NC(=S)NC[C@H]1CCCO1)c1ccc2ccccc2c1. The second-order valence-electron chi connectivity index (χ2n) is 5.72. The van der Waals surface area contributed by atoms with Crippen molar-refractivity contribution in [2.45, 2.75) is 25.9 Å². The standard InChI is InChI=1S/C18H21N3OS/c1-13(15-9-8-14-5-2-3-6-16(14)11-15)20-21-18(23)19-12-17-7-4-10-22-17/h2-3,5-6,8-9,11,17H,4,7,10,12H2,1H3,(H2,19,21,23)/b20-13-/t17-/m1/s1. The number of benzene rings is 2. The second-order valence-corrected chi connectivity index (χ2v) is 6.12. The van der Waals surface area contributed by atoms with Gasteiger partial charge in [-0.3, -0.25) is 5.43 Å². The smallest absolute Gasteiger partial charge is 0.187 e. The molecule has 1 aliphatic rings. The molecule has 4 nitrogen and oxygen atoms in total. The fourth-order valence-corrected chi connectivity index (χ4v) is 2.79. The molecule has 1 heterocycles. The zero-order chi connectivity index (χ0) is 16.1. The Morgan fingerprint density at radius 1 is 1.26 bits per heavy atom. The number of hydrogen-bond acceptors (Lipinski definition) is 3. The molecular weight excluding hydrogens is 306 g/mol. The van der Waals surface area contributed by atoms with Crippen LogP contribution in [0.3, 0.4) is 0 Å². The Morgan fingerprint density at radius 2 is 2.09 bits per heavy atom. The Bertz CT molecular complexity index is 723. The zero-order valence-corrected chi connectivity index (χ0v) is 14.0. The average molecular weight is 327 g/mol. The van der Waals surface area contributed by atoms with E-state index in [4.69, 9.17) is 17.0 Å². The number of rotatable bonds is 4. The van der Waals surface area contributed by atoms with Gasteiger partial charge in [0.2, 0.25) is 0 Å². The predicted molar refractivity (Wildman–Crippen MR) is 98.9 cm³/mol. The Kier molecular flexibility index (Phi) is 5.20. The fourth-order valence-electron chi connectivity index (χ4n) is 2.66. The van der Waals surface area contributed by atoms with Crippen LogP contribution in [0.4, 0.5) is 0 Å². The molecule has 0 amide bonds. The van der Waals surface area contributed by atoms with Crippen LogP contribution in [0.1, 0.15) is 25.3 Å². The van der Waals surface area contributed by atoms with Crippen molar-refractivity contribution in [2.75, 3.05) is 13.2 Å². The Labute approximate surface area is 141 Å². The van der Waals surface area contributed by atoms with Gasteiger partial charge in [0.05, 0.1) is 11.8 Å². The van der Waals surface area contributed by atoms with Crippen LogP contribution in [-0.4, -0.2) is 30.1 Å². The highest BCUT2D eigenvalue weighted by Crippen LogP contribution is 2.16. The third kappa shape index (κ3) is 4.27. The summed E-state index contributed by atoms with van der Waals surface area (Å²) < 4.78 is 5.55. The molecular formula is C18H21N3OS. The van der Waals surface area contributed by atoms with E-state index in [0.29, 0.717) is 5.11 Å². The molecule has 0 aliphatic carbocycles. The quantitative estimate of drug-likeness (QED) is 0.514. The maximum absolute atomic E-state index is 5.55. The van der Waals surface area contributed by atoms with E-state index in [1.165, 1.54) is 10.8 Å². The van der Waals surface area contributed by atoms with Crippen LogP contribution in [0.15, 0.2) is 47.6 Å². The first-order valence-corrected chi connectivity index (χ1v) is 8.32. The van der Waals surface area contributed by atoms with Gasteiger partial charge in [-0.05, 0) is 54.4 Å². The van der Waals surface area contributed by atoms with Crippen LogP contribution in [0.25, 0.3) is 10.8 Å². The molecule has 1 fully saturated rings. The minimum atomic E-state index is 0.264. The molecule has 3 rings (SSSR count). The highest BCUT2D eigenvalue weighted by molar-refractivity contribution is 7.80. The molecule has 0 radical (unpaired) electrons. The summed E-state index contributed by atoms with van der Waals surface area (Å²) in [7, 11) is 0. The summed E-state index contributed by atoms with van der Waals surface area (Å²) in [5.41, 5.74) is 4.89. The summed E-state index contributed by atoms with van der Waals surface area (Å²) in [6.45, 7) is 3.56. The van der Waals surface area contributed by atoms with Gasteiger partial charge in [0.15, 0.2) is 5.11 Å². The molecule has 23 heavy (non-hydrogen) atoms. The van der Waals surface area contributed by atoms with Gasteiger partial charge < -0.3 is 10.1 Å². The Morgan fingerprint density at radius 3 is 2.87 bits per heavy atom. The summed E-state index contributed by atoms with van der Waals surface area (Å²) in [6, 6.07) is 14.6. The molecule has 2 aromatic carbocycles. The maximum atomic E-state index is 5.55. The first-order valence-electron chi connectivity index (χ1n) is 7.91. The Hall–Kier alpha value is -1.98. The van der Waals surface area contributed by atoms with E-state index in [1.54, 1.807) is 0 Å². The minimum absolute atomic E-state index is 0.264. The topological polar surface area (TPSA) is 45.7 Å². The lowest BCUT2D eigenvalue weighted by molar-refractivity contribution is 0.114. The monoisotopic (exact) mass is 327 g/mol. The number of hydrogen-bond donors (Lipinski definition) is 2. The lowest BCUT2D eigenvalue weighted by Gasteiger charge is -2.12. The van der Waals surface area contributed by atoms with Crippen LogP contribution in [0, 0.1) is 0 Å². The third-order valence-corrected chi connectivity index (χ3v) is 4.24. The Balaban J connectivity index is 1.58. The van der Waals surface area contributed by atoms with Gasteiger partial charge in [-0.1, -0.05) is 36.4 Å². The zero-order valence-electron chi connectivity index (χ0n) is 13.2. The van der Waals surface area contributed by atoms with E-state index in [1.807, 2.05) is 19.1 Å². The lowest BCUT2D eigenvalue weighted by Crippen LogP contribution is -2.37. The molecule has 0 saturated carbocycles. The minimum Gasteiger partial charge on any atom is -0.376 e. The van der Waals surface area contributed by atoms with E-state index >= 15 is 0 Å². The van der Waals surface area contributed by atoms with E-state index in [0.717, 1.165) is 37.3 Å². The highest BCUT2D eigenvalue weighted by Gasteiger charge is 2.15. The van der Waals surface area contributed by atoms with Gasteiger partial charge in [-0.25, -0.2) is 0 Å². The van der Waals surface area contributed by atoms with E-state index in [-0.39, 0.29) is 6.10 Å². The molecule has 0 spiro atoms. The van der Waals surface area contributed by atoms with Gasteiger partial charge in [0, 0.05) is 13.2 Å². The summed E-state index contributed by atoms with van der Waals surface area (Å²) in [4.78, 5) is 0. The van der Waals surface area contributed by atoms with Crippen LogP contribution in [0.5, 0.6) is 0 Å². The molecule has 0 aromatic heterocycles. The van der Waals surface area contributed by atoms with Gasteiger partial charge in [-0.15, -0.1) is 0 Å². The number of nitrogens with one attached hydrogen (secondary N) is 2. The number of fused-ring (bicyclic) bond motifs is 1. The van der Waals surface area contributed by atoms with Crippen molar-refractivity contribution in [1.82, 2.24) is 10.7 Å². The average Bonchev–Trinajstić information content (AvgIpc) is 3.11. The molecule has 1 atom stereocenters. The van der Waals surface area contributed by atoms with Gasteiger partial charge >= 0.3 is 0 Å². The molecule has 0 unspecified atom stereocenters. The predicted octanol–water partition coefficient (Wildman–Crippen LogP) is 3.21. The van der Waals surface area contributed by atoms with Crippen molar-refractivity contribution in [1.29, 1.82) is 0 Å². The molecule has 1 saturated heterocycles. The number of ether oxygens (including phenoxy) is 1. The number of thiocarbonyl (C=S) groups is 1. The van der Waals surface area contributed by atoms with Crippen molar-refractivity contribution in [3.8, 4) is 0 Å². The van der Waals surface area contributed by atoms with Crippen LogP contribution < -0.4 is 10.7 Å². The van der Waals surface area contributed by atoms with Crippen molar-refractivity contribution >= 4 is 33.8 Å². The third-order valence-electron chi connectivity index (χ3n) is 4.01. The number of hydrazone groups is 1. The van der Waals surface area contributed by atoms with Crippen molar-refractivity contribution in [2.24, 2.45) is 5.10 Å². The van der Waals surface area contributed by atoms with Crippen molar-refractivity contribution in [3.63, 3.8) is 0 Å². The first-order chi connectivity index (χ1) is 11.2. The number of nitrogens with zero attached hydrogens (tertiary/aromatic N) is 1. The molecule has 2 aromatic rings. The van der Waals surface area contributed by atoms with Gasteiger partial charge in [0.25, 0.3) is 0 Å². The molecule has 0 bridgehead atoms. The normalized spacial score (nSPS) is 18.1. The highest BCUT2D eigenvalue weighted by atomic mass is 32.1. The summed E-state index contributed by atoms with van der Waals surface area (Å²) in [5, 5.41) is 10.5. The van der Waals surface area contributed by atoms with Crippen molar-refractivity contribution < 1.29 is 4.74 Å².